The number of aliphatic hydroxyl groups is 1. The number of hydrogen-bond donors (Lipinski definition) is 1. The molecule has 0 saturated heterocycles. The minimum absolute atomic E-state index is 0.111. The van der Waals surface area contributed by atoms with Gasteiger partial charge in [-0.25, -0.2) is 4.79 Å². The van der Waals surface area contributed by atoms with E-state index >= 15 is 0 Å². The average molecular weight is 296 g/mol. The Hall–Kier alpha value is -2.72. The van der Waals surface area contributed by atoms with Gasteiger partial charge in [0.25, 0.3) is 0 Å². The fraction of sp³-hybridized carbons (Fsp3) is 0.111. The van der Waals surface area contributed by atoms with Crippen LogP contribution in [0.25, 0.3) is 0 Å². The molecule has 0 aliphatic rings. The third-order valence-corrected chi connectivity index (χ3v) is 3.21. The molecular weight excluding hydrogens is 280 g/mol. The molecule has 0 heterocycles. The summed E-state index contributed by atoms with van der Waals surface area (Å²) in [7, 11) is 0. The lowest BCUT2D eigenvalue weighted by molar-refractivity contribution is 0.0649. The minimum Gasteiger partial charge on any atom is -0.432 e. The van der Waals surface area contributed by atoms with Gasteiger partial charge in [0.2, 0.25) is 0 Å². The maximum atomic E-state index is 12.5. The SMILES string of the molecule is C=COC(=O)c1cc(C)ccc1C(=O)C(O)c1ccccc1. The van der Waals surface area contributed by atoms with E-state index in [0.717, 1.165) is 11.8 Å². The van der Waals surface area contributed by atoms with E-state index in [9.17, 15) is 14.7 Å². The number of ketones is 1. The number of benzene rings is 2. The molecule has 112 valence electrons. The van der Waals surface area contributed by atoms with Crippen molar-refractivity contribution in [2.75, 3.05) is 0 Å². The second-order valence-corrected chi connectivity index (χ2v) is 4.80. The Morgan fingerprint density at radius 3 is 2.45 bits per heavy atom. The molecule has 0 fully saturated rings. The molecule has 4 nitrogen and oxygen atoms in total. The van der Waals surface area contributed by atoms with E-state index in [1.165, 1.54) is 6.07 Å². The lowest BCUT2D eigenvalue weighted by atomic mass is 9.95. The Morgan fingerprint density at radius 2 is 1.82 bits per heavy atom. The number of carbonyl (C=O) groups excluding carboxylic acids is 2. The Bertz CT molecular complexity index is 704. The number of aryl methyl sites for hydroxylation is 1. The summed E-state index contributed by atoms with van der Waals surface area (Å²) < 4.78 is 4.75. The van der Waals surface area contributed by atoms with E-state index in [1.54, 1.807) is 49.4 Å². The highest BCUT2D eigenvalue weighted by Gasteiger charge is 2.24. The maximum absolute atomic E-state index is 12.5. The lowest BCUT2D eigenvalue weighted by Crippen LogP contribution is -2.17. The standard InChI is InChI=1S/C18H16O4/c1-3-22-18(21)15-11-12(2)9-10-14(15)17(20)16(19)13-7-5-4-6-8-13/h3-11,16,19H,1H2,2H3. The van der Waals surface area contributed by atoms with Gasteiger partial charge in [0.1, 0.15) is 6.10 Å². The molecule has 4 heteroatoms. The molecule has 1 unspecified atom stereocenters. The van der Waals surface area contributed by atoms with Crippen molar-refractivity contribution >= 4 is 11.8 Å². The van der Waals surface area contributed by atoms with Crippen molar-refractivity contribution < 1.29 is 19.4 Å². The summed E-state index contributed by atoms with van der Waals surface area (Å²) in [5, 5.41) is 10.2. The van der Waals surface area contributed by atoms with Gasteiger partial charge in [-0.05, 0) is 18.6 Å². The predicted molar refractivity (Wildman–Crippen MR) is 82.5 cm³/mol. The van der Waals surface area contributed by atoms with Crippen molar-refractivity contribution in [1.82, 2.24) is 0 Å². The Kier molecular flexibility index (Phi) is 4.86. The predicted octanol–water partition coefficient (Wildman–Crippen LogP) is 3.21. The van der Waals surface area contributed by atoms with Crippen molar-refractivity contribution in [3.8, 4) is 0 Å². The van der Waals surface area contributed by atoms with Gasteiger partial charge in [-0.1, -0.05) is 54.6 Å². The Morgan fingerprint density at radius 1 is 1.14 bits per heavy atom. The van der Waals surface area contributed by atoms with Crippen LogP contribution in [0.4, 0.5) is 0 Å². The normalized spacial score (nSPS) is 11.5. The fourth-order valence-electron chi connectivity index (χ4n) is 2.12. The number of ether oxygens (including phenoxy) is 1. The van der Waals surface area contributed by atoms with Crippen molar-refractivity contribution in [3.63, 3.8) is 0 Å². The summed E-state index contributed by atoms with van der Waals surface area (Å²) in [5.74, 6) is -1.23. The van der Waals surface area contributed by atoms with Crippen LogP contribution in [-0.4, -0.2) is 16.9 Å². The zero-order valence-corrected chi connectivity index (χ0v) is 12.2. The van der Waals surface area contributed by atoms with Gasteiger partial charge in [0, 0.05) is 5.56 Å². The largest absolute Gasteiger partial charge is 0.432 e. The van der Waals surface area contributed by atoms with Crippen LogP contribution in [0, 0.1) is 6.92 Å². The van der Waals surface area contributed by atoms with Gasteiger partial charge >= 0.3 is 5.97 Å². The summed E-state index contributed by atoms with van der Waals surface area (Å²) in [6.45, 7) is 5.13. The number of carbonyl (C=O) groups is 2. The molecule has 2 aromatic carbocycles. The van der Waals surface area contributed by atoms with Gasteiger partial charge in [-0.2, -0.15) is 0 Å². The zero-order valence-electron chi connectivity index (χ0n) is 12.2. The second kappa shape index (κ2) is 6.83. The first-order valence-corrected chi connectivity index (χ1v) is 6.74. The lowest BCUT2D eigenvalue weighted by Gasteiger charge is -2.13. The quantitative estimate of drug-likeness (QED) is 0.523. The zero-order chi connectivity index (χ0) is 16.1. The van der Waals surface area contributed by atoms with Crippen molar-refractivity contribution in [2.24, 2.45) is 0 Å². The van der Waals surface area contributed by atoms with Gasteiger partial charge < -0.3 is 9.84 Å². The first-order valence-electron chi connectivity index (χ1n) is 6.74. The van der Waals surface area contributed by atoms with Gasteiger partial charge in [0.15, 0.2) is 5.78 Å². The highest BCUT2D eigenvalue weighted by atomic mass is 16.5. The maximum Gasteiger partial charge on any atom is 0.343 e. The Balaban J connectivity index is 2.41. The molecule has 1 N–H and O–H groups in total. The van der Waals surface area contributed by atoms with Crippen LogP contribution in [0.15, 0.2) is 61.4 Å². The van der Waals surface area contributed by atoms with E-state index in [0.29, 0.717) is 5.56 Å². The number of esters is 1. The topological polar surface area (TPSA) is 63.6 Å². The molecule has 0 aliphatic carbocycles. The molecule has 2 aromatic rings. The summed E-state index contributed by atoms with van der Waals surface area (Å²) in [6.07, 6.45) is -0.328. The van der Waals surface area contributed by atoms with Crippen LogP contribution < -0.4 is 0 Å². The van der Waals surface area contributed by atoms with E-state index in [-0.39, 0.29) is 11.1 Å². The first-order chi connectivity index (χ1) is 10.5. The molecule has 2 rings (SSSR count). The van der Waals surface area contributed by atoms with Gasteiger partial charge in [-0.15, -0.1) is 0 Å². The summed E-state index contributed by atoms with van der Waals surface area (Å²) in [4.78, 5) is 24.5. The molecule has 0 amide bonds. The van der Waals surface area contributed by atoms with E-state index in [2.05, 4.69) is 6.58 Å². The number of hydrogen-bond acceptors (Lipinski definition) is 4. The van der Waals surface area contributed by atoms with Crippen LogP contribution in [0.2, 0.25) is 0 Å². The fourth-order valence-corrected chi connectivity index (χ4v) is 2.12. The summed E-state index contributed by atoms with van der Waals surface area (Å²) in [5.41, 5.74) is 1.51. The highest BCUT2D eigenvalue weighted by molar-refractivity contribution is 6.08. The Labute approximate surface area is 128 Å². The van der Waals surface area contributed by atoms with Crippen LogP contribution in [-0.2, 0) is 4.74 Å². The molecule has 0 bridgehead atoms. The second-order valence-electron chi connectivity index (χ2n) is 4.80. The molecule has 0 saturated carbocycles. The van der Waals surface area contributed by atoms with Crippen molar-refractivity contribution in [3.05, 3.63) is 83.6 Å². The molecule has 22 heavy (non-hydrogen) atoms. The molecule has 0 spiro atoms. The third kappa shape index (κ3) is 3.30. The molecule has 0 aromatic heterocycles. The van der Waals surface area contributed by atoms with E-state index in [1.807, 2.05) is 0 Å². The van der Waals surface area contributed by atoms with E-state index in [4.69, 9.17) is 4.74 Å². The smallest absolute Gasteiger partial charge is 0.343 e. The number of Topliss-reactive ketones (excluding diaryl/α,β-unsaturated/α-hetero) is 1. The van der Waals surface area contributed by atoms with Crippen LogP contribution in [0.1, 0.15) is 37.9 Å². The van der Waals surface area contributed by atoms with Crippen molar-refractivity contribution in [1.29, 1.82) is 0 Å². The average Bonchev–Trinajstić information content (AvgIpc) is 2.54. The van der Waals surface area contributed by atoms with Crippen LogP contribution in [0.5, 0.6) is 0 Å². The van der Waals surface area contributed by atoms with Crippen LogP contribution >= 0.6 is 0 Å². The highest BCUT2D eigenvalue weighted by Crippen LogP contribution is 2.22. The van der Waals surface area contributed by atoms with Crippen molar-refractivity contribution in [2.45, 2.75) is 13.0 Å². The minimum atomic E-state index is -1.33. The third-order valence-electron chi connectivity index (χ3n) is 3.21. The van der Waals surface area contributed by atoms with E-state index < -0.39 is 17.9 Å². The number of aliphatic hydroxyl groups excluding tert-OH is 1. The van der Waals surface area contributed by atoms with Crippen LogP contribution in [0.3, 0.4) is 0 Å². The van der Waals surface area contributed by atoms with Gasteiger partial charge in [0.05, 0.1) is 11.8 Å². The summed E-state index contributed by atoms with van der Waals surface area (Å²) >= 11 is 0. The molecular formula is C18H16O4. The van der Waals surface area contributed by atoms with Gasteiger partial charge in [-0.3, -0.25) is 4.79 Å². The monoisotopic (exact) mass is 296 g/mol. The molecule has 1 atom stereocenters. The summed E-state index contributed by atoms with van der Waals surface area (Å²) in [6, 6.07) is 13.3. The first kappa shape index (κ1) is 15.7. The molecule has 0 aliphatic heterocycles. The molecule has 0 radical (unpaired) electrons. The number of rotatable bonds is 5.